The topological polar surface area (TPSA) is 51.2 Å². The van der Waals surface area contributed by atoms with E-state index >= 15 is 0 Å². The van der Waals surface area contributed by atoms with Crippen molar-refractivity contribution >= 4 is 34.9 Å². The lowest BCUT2D eigenvalue weighted by atomic mass is 10.2. The van der Waals surface area contributed by atoms with Crippen LogP contribution in [0.15, 0.2) is 30.5 Å². The Balaban J connectivity index is 2.31. The zero-order valence-electron chi connectivity index (χ0n) is 10.3. The first-order valence-electron chi connectivity index (χ1n) is 5.48. The maximum Gasteiger partial charge on any atom is 0.258 e. The van der Waals surface area contributed by atoms with E-state index < -0.39 is 11.7 Å². The van der Waals surface area contributed by atoms with Gasteiger partial charge in [0.1, 0.15) is 5.82 Å². The molecule has 1 heterocycles. The van der Waals surface area contributed by atoms with Gasteiger partial charge in [-0.15, -0.1) is 0 Å². The molecule has 0 bridgehead atoms. The molecule has 104 valence electrons. The maximum atomic E-state index is 13.4. The number of ether oxygens (including phenoxy) is 1. The normalized spacial score (nSPS) is 10.2. The minimum absolute atomic E-state index is 0.0405. The Hall–Kier alpha value is -1.85. The number of carbonyl (C=O) groups excluding carboxylic acids is 1. The lowest BCUT2D eigenvalue weighted by molar-refractivity contribution is 0.102. The fraction of sp³-hybridized carbons (Fsp3) is 0.0769. The van der Waals surface area contributed by atoms with E-state index in [1.54, 1.807) is 12.1 Å². The van der Waals surface area contributed by atoms with Gasteiger partial charge in [0.25, 0.3) is 5.91 Å². The van der Waals surface area contributed by atoms with Crippen LogP contribution in [-0.4, -0.2) is 18.0 Å². The predicted molar refractivity (Wildman–Crippen MR) is 75.2 cm³/mol. The molecule has 0 unspecified atom stereocenters. The highest BCUT2D eigenvalue weighted by Gasteiger charge is 2.16. The number of pyridine rings is 1. The molecule has 2 aromatic rings. The highest BCUT2D eigenvalue weighted by molar-refractivity contribution is 6.37. The average molecular weight is 315 g/mol. The summed E-state index contributed by atoms with van der Waals surface area (Å²) in [4.78, 5) is 16.0. The van der Waals surface area contributed by atoms with Gasteiger partial charge in [0.2, 0.25) is 0 Å². The van der Waals surface area contributed by atoms with Crippen molar-refractivity contribution < 1.29 is 13.9 Å². The highest BCUT2D eigenvalue weighted by atomic mass is 35.5. The summed E-state index contributed by atoms with van der Waals surface area (Å²) < 4.78 is 18.4. The van der Waals surface area contributed by atoms with Crippen LogP contribution >= 0.6 is 23.2 Å². The largest absolute Gasteiger partial charge is 0.493 e. The van der Waals surface area contributed by atoms with Gasteiger partial charge in [-0.05, 0) is 24.3 Å². The fourth-order valence-corrected chi connectivity index (χ4v) is 1.99. The lowest BCUT2D eigenvalue weighted by Gasteiger charge is -2.09. The van der Waals surface area contributed by atoms with Crippen molar-refractivity contribution in [3.8, 4) is 5.75 Å². The van der Waals surface area contributed by atoms with Gasteiger partial charge < -0.3 is 10.1 Å². The van der Waals surface area contributed by atoms with E-state index in [0.717, 1.165) is 6.07 Å². The number of rotatable bonds is 3. The average Bonchev–Trinajstić information content (AvgIpc) is 2.43. The Morgan fingerprint density at radius 2 is 2.10 bits per heavy atom. The molecule has 0 aliphatic carbocycles. The van der Waals surface area contributed by atoms with Gasteiger partial charge in [0.15, 0.2) is 11.6 Å². The number of halogens is 3. The number of hydrogen-bond donors (Lipinski definition) is 1. The summed E-state index contributed by atoms with van der Waals surface area (Å²) in [6.45, 7) is 0. The molecule has 20 heavy (non-hydrogen) atoms. The molecule has 1 aromatic carbocycles. The molecule has 0 saturated heterocycles. The van der Waals surface area contributed by atoms with Crippen LogP contribution in [0.3, 0.4) is 0 Å². The number of nitrogens with zero attached hydrogens (tertiary/aromatic N) is 1. The maximum absolute atomic E-state index is 13.4. The van der Waals surface area contributed by atoms with Crippen molar-refractivity contribution in [3.05, 3.63) is 51.9 Å². The summed E-state index contributed by atoms with van der Waals surface area (Å²) in [6.07, 6.45) is 1.49. The molecule has 0 spiro atoms. The van der Waals surface area contributed by atoms with Crippen LogP contribution in [-0.2, 0) is 0 Å². The summed E-state index contributed by atoms with van der Waals surface area (Å²) in [5, 5.41) is 2.39. The second kappa shape index (κ2) is 6.07. The molecule has 2 rings (SSSR count). The highest BCUT2D eigenvalue weighted by Crippen LogP contribution is 2.26. The lowest BCUT2D eigenvalue weighted by Crippen LogP contribution is -2.14. The number of nitrogens with one attached hydrogen (secondary N) is 1. The summed E-state index contributed by atoms with van der Waals surface area (Å²) in [5.74, 6) is -0.741. The van der Waals surface area contributed by atoms with E-state index in [1.807, 2.05) is 0 Å². The molecular weight excluding hydrogens is 306 g/mol. The van der Waals surface area contributed by atoms with E-state index in [1.165, 1.54) is 19.4 Å². The Morgan fingerprint density at radius 3 is 2.80 bits per heavy atom. The van der Waals surface area contributed by atoms with Crippen LogP contribution in [0.25, 0.3) is 0 Å². The van der Waals surface area contributed by atoms with Crippen LogP contribution in [0.2, 0.25) is 10.0 Å². The Kier molecular flexibility index (Phi) is 4.42. The van der Waals surface area contributed by atoms with Crippen molar-refractivity contribution in [3.63, 3.8) is 0 Å². The van der Waals surface area contributed by atoms with Crippen LogP contribution < -0.4 is 10.1 Å². The molecule has 0 atom stereocenters. The van der Waals surface area contributed by atoms with E-state index in [9.17, 15) is 9.18 Å². The minimum atomic E-state index is -0.728. The monoisotopic (exact) mass is 314 g/mol. The predicted octanol–water partition coefficient (Wildman–Crippen LogP) is 3.79. The van der Waals surface area contributed by atoms with Gasteiger partial charge in [0.05, 0.1) is 22.7 Å². The van der Waals surface area contributed by atoms with E-state index in [4.69, 9.17) is 27.9 Å². The van der Waals surface area contributed by atoms with Crippen molar-refractivity contribution in [2.75, 3.05) is 12.4 Å². The van der Waals surface area contributed by atoms with Crippen LogP contribution in [0.4, 0.5) is 10.2 Å². The third-order valence-corrected chi connectivity index (χ3v) is 3.08. The number of carbonyl (C=O) groups is 1. The molecule has 0 aliphatic heterocycles. The van der Waals surface area contributed by atoms with Gasteiger partial charge in [-0.2, -0.15) is 0 Å². The zero-order chi connectivity index (χ0) is 14.7. The second-order valence-corrected chi connectivity index (χ2v) is 4.57. The van der Waals surface area contributed by atoms with E-state index in [-0.39, 0.29) is 21.4 Å². The fourth-order valence-electron chi connectivity index (χ4n) is 1.52. The molecule has 0 saturated carbocycles. The van der Waals surface area contributed by atoms with Gasteiger partial charge >= 0.3 is 0 Å². The van der Waals surface area contributed by atoms with Crippen LogP contribution in [0, 0.1) is 5.82 Å². The molecule has 0 radical (unpaired) electrons. The number of benzene rings is 1. The van der Waals surface area contributed by atoms with E-state index in [2.05, 4.69) is 10.3 Å². The standard InChI is InChI=1S/C13H9Cl2FN2O2/c1-20-11-3-2-4-17-12(11)18-13(19)7-5-10(16)9(15)6-8(7)14/h2-6H,1H3,(H,17,18,19). The summed E-state index contributed by atoms with van der Waals surface area (Å²) >= 11 is 11.4. The third kappa shape index (κ3) is 3.00. The number of hydrogen-bond acceptors (Lipinski definition) is 3. The molecule has 0 fully saturated rings. The SMILES string of the molecule is COc1cccnc1NC(=O)c1cc(F)c(Cl)cc1Cl. The van der Waals surface area contributed by atoms with Crippen LogP contribution in [0.5, 0.6) is 5.75 Å². The number of methoxy groups -OCH3 is 1. The molecule has 1 amide bonds. The van der Waals surface area contributed by atoms with Gasteiger partial charge in [0, 0.05) is 6.20 Å². The molecule has 1 N–H and O–H groups in total. The smallest absolute Gasteiger partial charge is 0.258 e. The van der Waals surface area contributed by atoms with Crippen molar-refractivity contribution in [2.45, 2.75) is 0 Å². The molecule has 7 heteroatoms. The number of aromatic nitrogens is 1. The van der Waals surface area contributed by atoms with Crippen molar-refractivity contribution in [2.24, 2.45) is 0 Å². The van der Waals surface area contributed by atoms with Gasteiger partial charge in [-0.25, -0.2) is 9.37 Å². The molecular formula is C13H9Cl2FN2O2. The first-order chi connectivity index (χ1) is 9.52. The number of amides is 1. The Labute approximate surface area is 124 Å². The van der Waals surface area contributed by atoms with Crippen molar-refractivity contribution in [1.82, 2.24) is 4.98 Å². The first kappa shape index (κ1) is 14.6. The van der Waals surface area contributed by atoms with Crippen molar-refractivity contribution in [1.29, 1.82) is 0 Å². The summed E-state index contributed by atoms with van der Waals surface area (Å²) in [6, 6.07) is 5.43. The van der Waals surface area contributed by atoms with E-state index in [0.29, 0.717) is 5.75 Å². The third-order valence-electron chi connectivity index (χ3n) is 2.48. The Morgan fingerprint density at radius 1 is 1.35 bits per heavy atom. The summed E-state index contributed by atoms with van der Waals surface area (Å²) in [7, 11) is 1.45. The second-order valence-electron chi connectivity index (χ2n) is 3.75. The summed E-state index contributed by atoms with van der Waals surface area (Å²) in [5.41, 5.74) is -0.0405. The van der Waals surface area contributed by atoms with Gasteiger partial charge in [-0.1, -0.05) is 23.2 Å². The zero-order valence-corrected chi connectivity index (χ0v) is 11.8. The molecule has 1 aromatic heterocycles. The number of anilines is 1. The van der Waals surface area contributed by atoms with Crippen LogP contribution in [0.1, 0.15) is 10.4 Å². The van der Waals surface area contributed by atoms with Gasteiger partial charge in [-0.3, -0.25) is 4.79 Å². The quantitative estimate of drug-likeness (QED) is 0.877. The minimum Gasteiger partial charge on any atom is -0.493 e. The first-order valence-corrected chi connectivity index (χ1v) is 6.23. The Bertz CT molecular complexity index is 665. The molecule has 4 nitrogen and oxygen atoms in total. The molecule has 0 aliphatic rings.